The third-order valence-corrected chi connectivity index (χ3v) is 10.2. The summed E-state index contributed by atoms with van der Waals surface area (Å²) in [6, 6.07) is 31.7. The van der Waals surface area contributed by atoms with E-state index < -0.39 is 39.9 Å². The number of halogens is 1. The molecule has 3 unspecified atom stereocenters. The molecular weight excluding hydrogens is 638 g/mol. The van der Waals surface area contributed by atoms with Crippen LogP contribution in [0.25, 0.3) is 0 Å². The fraction of sp³-hybridized carbons (Fsp3) is 0.278. The number of hydrogen-bond acceptors (Lipinski definition) is 7. The fourth-order valence-electron chi connectivity index (χ4n) is 5.80. The Kier molecular flexibility index (Phi) is 11.7. The van der Waals surface area contributed by atoms with Crippen molar-refractivity contribution in [3.8, 4) is 0 Å². The largest absolute Gasteiger partial charge is 0.453 e. The molecule has 0 aliphatic carbocycles. The van der Waals surface area contributed by atoms with Crippen molar-refractivity contribution >= 4 is 39.1 Å². The molecule has 246 valence electrons. The van der Waals surface area contributed by atoms with Gasteiger partial charge < -0.3 is 25.4 Å². The van der Waals surface area contributed by atoms with Crippen LogP contribution in [0, 0.1) is 0 Å². The van der Waals surface area contributed by atoms with Gasteiger partial charge in [-0.25, -0.2) is 13.2 Å². The van der Waals surface area contributed by atoms with E-state index in [0.717, 1.165) is 16.7 Å². The molecule has 0 radical (unpaired) electrons. The minimum absolute atomic E-state index is 0.149. The second-order valence-electron chi connectivity index (χ2n) is 11.4. The maximum atomic E-state index is 14.0. The lowest BCUT2D eigenvalue weighted by Crippen LogP contribution is -2.48. The Morgan fingerprint density at radius 2 is 1.47 bits per heavy atom. The summed E-state index contributed by atoms with van der Waals surface area (Å²) in [5.41, 5.74) is 3.21. The molecule has 9 nitrogen and oxygen atoms in total. The monoisotopic (exact) mass is 675 g/mol. The van der Waals surface area contributed by atoms with Gasteiger partial charge in [0.15, 0.2) is 9.84 Å². The fourth-order valence-corrected chi connectivity index (χ4v) is 7.35. The van der Waals surface area contributed by atoms with E-state index in [1.54, 1.807) is 12.1 Å². The van der Waals surface area contributed by atoms with E-state index in [1.165, 1.54) is 19.2 Å². The second kappa shape index (κ2) is 16.1. The third-order valence-electron chi connectivity index (χ3n) is 8.11. The van der Waals surface area contributed by atoms with Gasteiger partial charge in [-0.15, -0.1) is 0 Å². The first-order valence-corrected chi connectivity index (χ1v) is 17.4. The lowest BCUT2D eigenvalue weighted by molar-refractivity contribution is -0.118. The van der Waals surface area contributed by atoms with Crippen molar-refractivity contribution in [2.24, 2.45) is 0 Å². The van der Waals surface area contributed by atoms with Crippen LogP contribution in [0.5, 0.6) is 0 Å². The predicted molar refractivity (Wildman–Crippen MR) is 182 cm³/mol. The van der Waals surface area contributed by atoms with Crippen molar-refractivity contribution in [3.05, 3.63) is 131 Å². The Labute approximate surface area is 280 Å². The molecule has 5 rings (SSSR count). The summed E-state index contributed by atoms with van der Waals surface area (Å²) in [7, 11) is -2.30. The number of carbonyl (C=O) groups is 2. The Morgan fingerprint density at radius 1 is 0.872 bits per heavy atom. The Hall–Kier alpha value is -4.22. The smallest absolute Gasteiger partial charge is 0.407 e. The number of anilines is 1. The molecular formula is C36H38ClN3O6S. The van der Waals surface area contributed by atoms with E-state index in [2.05, 4.69) is 16.0 Å². The average Bonchev–Trinajstić information content (AvgIpc) is 3.08. The highest BCUT2D eigenvalue weighted by molar-refractivity contribution is 7.91. The Bertz CT molecular complexity index is 1700. The number of aryl methyl sites for hydroxylation is 1. The number of morpholine rings is 1. The quantitative estimate of drug-likeness (QED) is 0.179. The number of hydrogen-bond donors (Lipinski definition) is 3. The minimum atomic E-state index is -3.56. The molecule has 4 aromatic carbocycles. The standard InChI is InChI=1S/C36H38ClN3O6S/c1-45-36(42)40-34(33(26-11-4-2-5-12-26)27-13-6-3-7-14-27)35(41)39-32-15-9-8-10-25(32)16-19-29-22-38-23-30(46-29)24-47(43,44)31-20-17-28(37)18-21-31/h2-15,17-18,20-21,29-30,33-34,38H,16,19,22-24H2,1H3,(H,39,41)(H,40,42). The molecule has 1 saturated heterocycles. The van der Waals surface area contributed by atoms with Crippen molar-refractivity contribution in [2.75, 3.05) is 31.3 Å². The van der Waals surface area contributed by atoms with Gasteiger partial charge in [-0.3, -0.25) is 4.79 Å². The molecule has 1 aliphatic rings. The second-order valence-corrected chi connectivity index (χ2v) is 13.8. The zero-order valence-corrected chi connectivity index (χ0v) is 27.5. The molecule has 1 fully saturated rings. The summed E-state index contributed by atoms with van der Waals surface area (Å²) in [6.07, 6.45) is -0.299. The van der Waals surface area contributed by atoms with E-state index in [4.69, 9.17) is 21.1 Å². The maximum absolute atomic E-state index is 14.0. The number of methoxy groups -OCH3 is 1. The summed E-state index contributed by atoms with van der Waals surface area (Å²) in [6.45, 7) is 1.00. The highest BCUT2D eigenvalue weighted by Crippen LogP contribution is 2.30. The summed E-state index contributed by atoms with van der Waals surface area (Å²) >= 11 is 5.93. The maximum Gasteiger partial charge on any atom is 0.407 e. The Balaban J connectivity index is 1.29. The molecule has 0 spiro atoms. The molecule has 1 aliphatic heterocycles. The first-order chi connectivity index (χ1) is 22.7. The zero-order chi connectivity index (χ0) is 33.2. The summed E-state index contributed by atoms with van der Waals surface area (Å²) in [5.74, 6) is -1.04. The number of carbonyl (C=O) groups excluding carboxylic acids is 2. The van der Waals surface area contributed by atoms with E-state index >= 15 is 0 Å². The molecule has 47 heavy (non-hydrogen) atoms. The zero-order valence-electron chi connectivity index (χ0n) is 26.0. The van der Waals surface area contributed by atoms with Gasteiger partial charge in [0, 0.05) is 29.7 Å². The molecule has 0 aromatic heterocycles. The lowest BCUT2D eigenvalue weighted by atomic mass is 9.84. The molecule has 11 heteroatoms. The number of amides is 2. The normalized spacial score (nSPS) is 17.1. The summed E-state index contributed by atoms with van der Waals surface area (Å²) in [5, 5.41) is 9.60. The summed E-state index contributed by atoms with van der Waals surface area (Å²) < 4.78 is 37.1. The van der Waals surface area contributed by atoms with Crippen molar-refractivity contribution < 1.29 is 27.5 Å². The average molecular weight is 676 g/mol. The molecule has 0 bridgehead atoms. The predicted octanol–water partition coefficient (Wildman–Crippen LogP) is 5.60. The van der Waals surface area contributed by atoms with Crippen molar-refractivity contribution in [1.29, 1.82) is 0 Å². The first kappa shape index (κ1) is 34.1. The summed E-state index contributed by atoms with van der Waals surface area (Å²) in [4.78, 5) is 26.8. The van der Waals surface area contributed by atoms with Crippen LogP contribution in [0.1, 0.15) is 29.0 Å². The van der Waals surface area contributed by atoms with Gasteiger partial charge in [0.25, 0.3) is 0 Å². The van der Waals surface area contributed by atoms with E-state index in [1.807, 2.05) is 84.9 Å². The molecule has 2 amide bonds. The van der Waals surface area contributed by atoms with Gasteiger partial charge in [0.1, 0.15) is 6.04 Å². The molecule has 3 atom stereocenters. The van der Waals surface area contributed by atoms with Gasteiger partial charge in [-0.05, 0) is 59.9 Å². The molecule has 3 N–H and O–H groups in total. The third kappa shape index (κ3) is 9.20. The molecule has 4 aromatic rings. The van der Waals surface area contributed by atoms with Gasteiger partial charge in [0.2, 0.25) is 5.91 Å². The van der Waals surface area contributed by atoms with Crippen molar-refractivity contribution in [3.63, 3.8) is 0 Å². The highest BCUT2D eigenvalue weighted by Gasteiger charge is 2.33. The first-order valence-electron chi connectivity index (χ1n) is 15.4. The van der Waals surface area contributed by atoms with Crippen LogP contribution in [0.2, 0.25) is 5.02 Å². The van der Waals surface area contributed by atoms with Crippen LogP contribution in [-0.2, 0) is 30.5 Å². The highest BCUT2D eigenvalue weighted by atomic mass is 35.5. The number of rotatable bonds is 12. The van der Waals surface area contributed by atoms with Crippen molar-refractivity contribution in [2.45, 2.75) is 41.9 Å². The number of para-hydroxylation sites is 1. The topological polar surface area (TPSA) is 123 Å². The number of nitrogens with one attached hydrogen (secondary N) is 3. The molecule has 1 heterocycles. The van der Waals surface area contributed by atoms with Gasteiger partial charge in [-0.1, -0.05) is 90.5 Å². The number of sulfone groups is 1. The van der Waals surface area contributed by atoms with Crippen LogP contribution in [0.3, 0.4) is 0 Å². The van der Waals surface area contributed by atoms with Crippen LogP contribution >= 0.6 is 11.6 Å². The number of alkyl carbamates (subject to hydrolysis) is 1. The van der Waals surface area contributed by atoms with Crippen LogP contribution in [0.4, 0.5) is 10.5 Å². The van der Waals surface area contributed by atoms with Gasteiger partial charge in [-0.2, -0.15) is 0 Å². The minimum Gasteiger partial charge on any atom is -0.453 e. The van der Waals surface area contributed by atoms with Gasteiger partial charge >= 0.3 is 6.09 Å². The van der Waals surface area contributed by atoms with E-state index in [-0.39, 0.29) is 16.8 Å². The molecule has 0 saturated carbocycles. The number of ether oxygens (including phenoxy) is 2. The van der Waals surface area contributed by atoms with Crippen LogP contribution < -0.4 is 16.0 Å². The van der Waals surface area contributed by atoms with Gasteiger partial charge in [0.05, 0.1) is 30.0 Å². The van der Waals surface area contributed by atoms with Crippen LogP contribution in [0.15, 0.2) is 114 Å². The Morgan fingerprint density at radius 3 is 2.11 bits per heavy atom. The van der Waals surface area contributed by atoms with E-state index in [0.29, 0.717) is 36.6 Å². The SMILES string of the molecule is COC(=O)NC(C(=O)Nc1ccccc1CCC1CNCC(CS(=O)(=O)c2ccc(Cl)cc2)O1)C(c1ccccc1)c1ccccc1. The van der Waals surface area contributed by atoms with Crippen molar-refractivity contribution in [1.82, 2.24) is 10.6 Å². The van der Waals surface area contributed by atoms with Crippen LogP contribution in [-0.4, -0.2) is 64.6 Å². The lowest BCUT2D eigenvalue weighted by Gasteiger charge is -2.31. The number of benzene rings is 4. The van der Waals surface area contributed by atoms with E-state index in [9.17, 15) is 18.0 Å².